The largest absolute Gasteiger partial charge is 0.380 e. The Kier molecular flexibility index (Phi) is 3.67. The summed E-state index contributed by atoms with van der Waals surface area (Å²) in [6.07, 6.45) is -0.625. The predicted molar refractivity (Wildman–Crippen MR) is 54.1 cm³/mol. The first-order valence-corrected chi connectivity index (χ1v) is 4.55. The molecule has 0 radical (unpaired) electrons. The molecule has 74 valence electrons. The smallest absolute Gasteiger partial charge is 0.123 e. The fourth-order valence-corrected chi connectivity index (χ4v) is 0.857. The molecule has 1 aromatic carbocycles. The molecule has 1 rings (SSSR count). The Hall–Kier alpha value is -1.33. The number of benzene rings is 1. The molecule has 2 heteroatoms. The van der Waals surface area contributed by atoms with E-state index in [1.54, 1.807) is 12.1 Å². The van der Waals surface area contributed by atoms with Gasteiger partial charge in [-0.3, -0.25) is 0 Å². The lowest BCUT2D eigenvalue weighted by Gasteiger charge is -2.05. The highest BCUT2D eigenvalue weighted by molar-refractivity contribution is 5.34. The van der Waals surface area contributed by atoms with Gasteiger partial charge in [-0.2, -0.15) is 0 Å². The quantitative estimate of drug-likeness (QED) is 0.676. The maximum atomic E-state index is 12.5. The van der Waals surface area contributed by atoms with Crippen molar-refractivity contribution in [2.75, 3.05) is 0 Å². The summed E-state index contributed by atoms with van der Waals surface area (Å²) in [6, 6.07) is 5.89. The molecule has 0 bridgehead atoms. The molecule has 0 saturated carbocycles. The average molecular weight is 192 g/mol. The van der Waals surface area contributed by atoms with Crippen molar-refractivity contribution >= 4 is 0 Å². The van der Waals surface area contributed by atoms with E-state index in [4.69, 9.17) is 0 Å². The maximum Gasteiger partial charge on any atom is 0.123 e. The van der Waals surface area contributed by atoms with Crippen LogP contribution in [0.4, 0.5) is 4.39 Å². The molecular weight excluding hydrogens is 179 g/mol. The summed E-state index contributed by atoms with van der Waals surface area (Å²) in [5, 5.41) is 9.39. The van der Waals surface area contributed by atoms with E-state index >= 15 is 0 Å². The zero-order valence-corrected chi connectivity index (χ0v) is 8.29. The van der Waals surface area contributed by atoms with Gasteiger partial charge >= 0.3 is 0 Å². The van der Waals surface area contributed by atoms with E-state index in [-0.39, 0.29) is 11.7 Å². The molecule has 0 aliphatic heterocycles. The summed E-state index contributed by atoms with van der Waals surface area (Å²) in [5.74, 6) is 5.32. The van der Waals surface area contributed by atoms with Crippen molar-refractivity contribution in [2.24, 2.45) is 5.92 Å². The Labute approximate surface area is 83.6 Å². The standard InChI is InChI=1S/C12H13FO/c1-9(2)12(14)8-5-10-3-6-11(13)7-4-10/h3-4,6-7,9,12,14H,1-2H3. The van der Waals surface area contributed by atoms with Gasteiger partial charge in [-0.25, -0.2) is 4.39 Å². The highest BCUT2D eigenvalue weighted by atomic mass is 19.1. The summed E-state index contributed by atoms with van der Waals surface area (Å²) in [4.78, 5) is 0. The van der Waals surface area contributed by atoms with Gasteiger partial charge < -0.3 is 5.11 Å². The van der Waals surface area contributed by atoms with Crippen molar-refractivity contribution in [3.8, 4) is 11.8 Å². The first kappa shape index (κ1) is 10.7. The molecule has 0 fully saturated rings. The first-order valence-electron chi connectivity index (χ1n) is 4.55. The van der Waals surface area contributed by atoms with Crippen LogP contribution in [0.25, 0.3) is 0 Å². The molecule has 1 aromatic rings. The molecule has 1 atom stereocenters. The van der Waals surface area contributed by atoms with Gasteiger partial charge in [0, 0.05) is 5.56 Å². The predicted octanol–water partition coefficient (Wildman–Crippen LogP) is 2.19. The lowest BCUT2D eigenvalue weighted by Crippen LogP contribution is -2.11. The van der Waals surface area contributed by atoms with E-state index in [2.05, 4.69) is 11.8 Å². The zero-order valence-electron chi connectivity index (χ0n) is 8.29. The van der Waals surface area contributed by atoms with Gasteiger partial charge in [-0.15, -0.1) is 0 Å². The Morgan fingerprint density at radius 2 is 1.79 bits per heavy atom. The third-order valence-electron chi connectivity index (χ3n) is 1.84. The Balaban J connectivity index is 2.73. The van der Waals surface area contributed by atoms with Crippen LogP contribution in [0.1, 0.15) is 19.4 Å². The van der Waals surface area contributed by atoms with Crippen LogP contribution < -0.4 is 0 Å². The van der Waals surface area contributed by atoms with E-state index in [9.17, 15) is 9.50 Å². The molecule has 1 nitrogen and oxygen atoms in total. The molecule has 0 spiro atoms. The van der Waals surface area contributed by atoms with Gasteiger partial charge in [0.15, 0.2) is 0 Å². The Bertz CT molecular complexity index is 343. The number of aliphatic hydroxyl groups is 1. The minimum atomic E-state index is -0.625. The van der Waals surface area contributed by atoms with E-state index in [1.165, 1.54) is 12.1 Å². The van der Waals surface area contributed by atoms with Crippen LogP contribution in [0, 0.1) is 23.6 Å². The van der Waals surface area contributed by atoms with Crippen molar-refractivity contribution in [1.82, 2.24) is 0 Å². The third-order valence-corrected chi connectivity index (χ3v) is 1.84. The van der Waals surface area contributed by atoms with Gasteiger partial charge in [-0.05, 0) is 30.2 Å². The lowest BCUT2D eigenvalue weighted by atomic mass is 10.1. The number of aliphatic hydroxyl groups excluding tert-OH is 1. The van der Waals surface area contributed by atoms with E-state index < -0.39 is 6.10 Å². The molecule has 0 amide bonds. The summed E-state index contributed by atoms with van der Waals surface area (Å²) in [6.45, 7) is 3.79. The number of hydrogen-bond donors (Lipinski definition) is 1. The fourth-order valence-electron chi connectivity index (χ4n) is 0.857. The van der Waals surface area contributed by atoms with Crippen molar-refractivity contribution in [3.05, 3.63) is 35.6 Å². The normalized spacial score (nSPS) is 12.1. The number of halogens is 1. The van der Waals surface area contributed by atoms with Crippen molar-refractivity contribution in [2.45, 2.75) is 20.0 Å². The highest BCUT2D eigenvalue weighted by Crippen LogP contribution is 2.02. The third kappa shape index (κ3) is 3.20. The van der Waals surface area contributed by atoms with Crippen LogP contribution in [-0.2, 0) is 0 Å². The molecule has 0 aliphatic rings. The van der Waals surface area contributed by atoms with E-state index in [0.29, 0.717) is 5.56 Å². The van der Waals surface area contributed by atoms with Gasteiger partial charge in [0.1, 0.15) is 11.9 Å². The monoisotopic (exact) mass is 192 g/mol. The molecule has 1 N–H and O–H groups in total. The highest BCUT2D eigenvalue weighted by Gasteiger charge is 2.03. The second-order valence-electron chi connectivity index (χ2n) is 3.47. The zero-order chi connectivity index (χ0) is 10.6. The second-order valence-corrected chi connectivity index (χ2v) is 3.47. The minimum Gasteiger partial charge on any atom is -0.380 e. The maximum absolute atomic E-state index is 12.5. The van der Waals surface area contributed by atoms with Crippen LogP contribution in [0.2, 0.25) is 0 Å². The topological polar surface area (TPSA) is 20.2 Å². The molecular formula is C12H13FO. The van der Waals surface area contributed by atoms with Gasteiger partial charge in [0.2, 0.25) is 0 Å². The summed E-state index contributed by atoms with van der Waals surface area (Å²) in [7, 11) is 0. The summed E-state index contributed by atoms with van der Waals surface area (Å²) < 4.78 is 12.5. The van der Waals surface area contributed by atoms with Gasteiger partial charge in [-0.1, -0.05) is 25.7 Å². The van der Waals surface area contributed by atoms with Gasteiger partial charge in [0.25, 0.3) is 0 Å². The Morgan fingerprint density at radius 1 is 1.21 bits per heavy atom. The minimum absolute atomic E-state index is 0.114. The van der Waals surface area contributed by atoms with Crippen LogP contribution in [0.15, 0.2) is 24.3 Å². The van der Waals surface area contributed by atoms with Crippen LogP contribution in [0.3, 0.4) is 0 Å². The van der Waals surface area contributed by atoms with Gasteiger partial charge in [0.05, 0.1) is 0 Å². The molecule has 0 aliphatic carbocycles. The van der Waals surface area contributed by atoms with Crippen molar-refractivity contribution < 1.29 is 9.50 Å². The molecule has 14 heavy (non-hydrogen) atoms. The summed E-state index contributed by atoms with van der Waals surface area (Å²) in [5.41, 5.74) is 0.714. The van der Waals surface area contributed by atoms with Crippen molar-refractivity contribution in [1.29, 1.82) is 0 Å². The van der Waals surface area contributed by atoms with Crippen LogP contribution in [-0.4, -0.2) is 11.2 Å². The van der Waals surface area contributed by atoms with Crippen LogP contribution >= 0.6 is 0 Å². The molecule has 0 saturated heterocycles. The van der Waals surface area contributed by atoms with Crippen molar-refractivity contribution in [3.63, 3.8) is 0 Å². The number of rotatable bonds is 1. The van der Waals surface area contributed by atoms with E-state index in [1.807, 2.05) is 13.8 Å². The summed E-state index contributed by atoms with van der Waals surface area (Å²) >= 11 is 0. The fraction of sp³-hybridized carbons (Fsp3) is 0.333. The SMILES string of the molecule is CC(C)C(O)C#Cc1ccc(F)cc1. The van der Waals surface area contributed by atoms with Crippen LogP contribution in [0.5, 0.6) is 0 Å². The number of hydrogen-bond acceptors (Lipinski definition) is 1. The molecule has 0 aromatic heterocycles. The average Bonchev–Trinajstić information content (AvgIpc) is 2.16. The first-order chi connectivity index (χ1) is 6.59. The lowest BCUT2D eigenvalue weighted by molar-refractivity contribution is 0.181. The molecule has 1 unspecified atom stereocenters. The second kappa shape index (κ2) is 4.78. The Morgan fingerprint density at radius 3 is 2.29 bits per heavy atom. The molecule has 0 heterocycles. The van der Waals surface area contributed by atoms with E-state index in [0.717, 1.165) is 0 Å².